The maximum absolute atomic E-state index is 3.63. The van der Waals surface area contributed by atoms with Crippen molar-refractivity contribution in [2.45, 2.75) is 0 Å². The lowest BCUT2D eigenvalue weighted by Gasteiger charge is -2.12. The number of fused-ring (bicyclic) bond motifs is 6. The van der Waals surface area contributed by atoms with Crippen LogP contribution >= 0.6 is 15.9 Å². The molecule has 2 heteroatoms. The van der Waals surface area contributed by atoms with E-state index < -0.39 is 0 Å². The second-order valence-electron chi connectivity index (χ2n) is 6.38. The molecule has 24 heavy (non-hydrogen) atoms. The Hall–Kier alpha value is -2.58. The van der Waals surface area contributed by atoms with E-state index in [1.54, 1.807) is 0 Å². The van der Waals surface area contributed by atoms with Crippen molar-refractivity contribution in [2.24, 2.45) is 0 Å². The van der Waals surface area contributed by atoms with Crippen molar-refractivity contribution in [1.29, 1.82) is 0 Å². The summed E-state index contributed by atoms with van der Waals surface area (Å²) in [6, 6.07) is 26.4. The minimum Gasteiger partial charge on any atom is -0.308 e. The standard InChI is InChI=1S/C22H12BrN/c23-14-9-11-20-18(12-14)17-10-8-13-4-3-6-16-15-5-1-2-7-19(15)24(20)22(17)21(13)16/h1-12H. The molecule has 1 nitrogen and oxygen atoms in total. The zero-order valence-electron chi connectivity index (χ0n) is 12.8. The van der Waals surface area contributed by atoms with Crippen LogP contribution in [-0.4, -0.2) is 4.40 Å². The Balaban J connectivity index is 2.14. The van der Waals surface area contributed by atoms with E-state index in [-0.39, 0.29) is 0 Å². The zero-order valence-corrected chi connectivity index (χ0v) is 14.3. The highest BCUT2D eigenvalue weighted by Crippen LogP contribution is 2.41. The fraction of sp³-hybridized carbons (Fsp3) is 0. The van der Waals surface area contributed by atoms with Gasteiger partial charge in [-0.2, -0.15) is 0 Å². The molecule has 0 aliphatic rings. The van der Waals surface area contributed by atoms with Gasteiger partial charge in [-0.15, -0.1) is 0 Å². The molecular weight excluding hydrogens is 358 g/mol. The highest BCUT2D eigenvalue weighted by atomic mass is 79.9. The Morgan fingerprint density at radius 2 is 1.46 bits per heavy atom. The van der Waals surface area contributed by atoms with E-state index >= 15 is 0 Å². The molecule has 0 amide bonds. The van der Waals surface area contributed by atoms with E-state index in [1.165, 1.54) is 48.9 Å². The lowest BCUT2D eigenvalue weighted by molar-refractivity contribution is 1.35. The second-order valence-corrected chi connectivity index (χ2v) is 7.30. The van der Waals surface area contributed by atoms with E-state index in [2.05, 4.69) is 93.1 Å². The minimum absolute atomic E-state index is 1.12. The van der Waals surface area contributed by atoms with Crippen LogP contribution in [0.25, 0.3) is 48.9 Å². The summed E-state index contributed by atoms with van der Waals surface area (Å²) in [5.74, 6) is 0. The molecular formula is C22H12BrN. The van der Waals surface area contributed by atoms with E-state index in [9.17, 15) is 0 Å². The summed E-state index contributed by atoms with van der Waals surface area (Å²) in [5.41, 5.74) is 3.86. The molecule has 2 aromatic heterocycles. The van der Waals surface area contributed by atoms with Crippen molar-refractivity contribution in [2.75, 3.05) is 0 Å². The van der Waals surface area contributed by atoms with Gasteiger partial charge in [0.1, 0.15) is 0 Å². The number of nitrogens with zero attached hydrogens (tertiary/aromatic N) is 1. The van der Waals surface area contributed by atoms with Crippen molar-refractivity contribution in [3.05, 3.63) is 77.3 Å². The molecule has 0 fully saturated rings. The number of para-hydroxylation sites is 1. The van der Waals surface area contributed by atoms with Crippen LogP contribution < -0.4 is 0 Å². The number of aromatic nitrogens is 1. The summed E-state index contributed by atoms with van der Waals surface area (Å²) in [6.45, 7) is 0. The van der Waals surface area contributed by atoms with E-state index in [4.69, 9.17) is 0 Å². The van der Waals surface area contributed by atoms with Crippen molar-refractivity contribution in [3.63, 3.8) is 0 Å². The summed E-state index contributed by atoms with van der Waals surface area (Å²) < 4.78 is 3.55. The quantitative estimate of drug-likeness (QED) is 0.206. The monoisotopic (exact) mass is 369 g/mol. The normalized spacial score (nSPS) is 12.4. The summed E-state index contributed by atoms with van der Waals surface area (Å²) in [4.78, 5) is 0. The fourth-order valence-electron chi connectivity index (χ4n) is 4.22. The van der Waals surface area contributed by atoms with E-state index in [0.29, 0.717) is 0 Å². The first kappa shape index (κ1) is 12.8. The highest BCUT2D eigenvalue weighted by Gasteiger charge is 2.17. The Labute approximate surface area is 146 Å². The van der Waals surface area contributed by atoms with Gasteiger partial charge in [-0.3, -0.25) is 0 Å². The molecule has 112 valence electrons. The summed E-state index contributed by atoms with van der Waals surface area (Å²) in [5, 5.41) is 7.93. The van der Waals surface area contributed by atoms with Gasteiger partial charge in [-0.05, 0) is 35.0 Å². The van der Waals surface area contributed by atoms with Crippen LogP contribution in [0.15, 0.2) is 77.3 Å². The van der Waals surface area contributed by atoms with Gasteiger partial charge >= 0.3 is 0 Å². The molecule has 0 N–H and O–H groups in total. The molecule has 0 unspecified atom stereocenters. The highest BCUT2D eigenvalue weighted by molar-refractivity contribution is 9.10. The first-order chi connectivity index (χ1) is 11.8. The van der Waals surface area contributed by atoms with Gasteiger partial charge < -0.3 is 4.40 Å². The third-order valence-electron chi connectivity index (χ3n) is 5.17. The van der Waals surface area contributed by atoms with Crippen LogP contribution in [0.3, 0.4) is 0 Å². The Bertz CT molecular complexity index is 1390. The van der Waals surface area contributed by atoms with E-state index in [0.717, 1.165) is 4.47 Å². The van der Waals surface area contributed by atoms with Crippen LogP contribution in [-0.2, 0) is 0 Å². The molecule has 0 bridgehead atoms. The predicted octanol–water partition coefficient (Wildman–Crippen LogP) is 6.75. The Morgan fingerprint density at radius 1 is 0.625 bits per heavy atom. The number of halogens is 1. The molecule has 0 atom stereocenters. The van der Waals surface area contributed by atoms with Crippen molar-refractivity contribution < 1.29 is 0 Å². The lowest BCUT2D eigenvalue weighted by Crippen LogP contribution is -1.91. The van der Waals surface area contributed by atoms with Crippen LogP contribution in [0.1, 0.15) is 0 Å². The maximum Gasteiger partial charge on any atom is 0.0625 e. The molecule has 6 rings (SSSR count). The Morgan fingerprint density at radius 3 is 2.42 bits per heavy atom. The van der Waals surface area contributed by atoms with Crippen LogP contribution in [0.5, 0.6) is 0 Å². The van der Waals surface area contributed by atoms with Crippen molar-refractivity contribution in [3.8, 4) is 0 Å². The molecule has 4 aromatic carbocycles. The largest absolute Gasteiger partial charge is 0.308 e. The topological polar surface area (TPSA) is 4.41 Å². The van der Waals surface area contributed by atoms with Crippen molar-refractivity contribution in [1.82, 2.24) is 4.40 Å². The SMILES string of the molecule is Brc1ccc2c(c1)c1ccc3cccc4c5ccccc5n2c1c34. The number of hydrogen-bond donors (Lipinski definition) is 0. The molecule has 6 aromatic rings. The fourth-order valence-corrected chi connectivity index (χ4v) is 4.58. The van der Waals surface area contributed by atoms with Crippen LogP contribution in [0.4, 0.5) is 0 Å². The molecule has 0 spiro atoms. The summed E-state index contributed by atoms with van der Waals surface area (Å²) >= 11 is 3.63. The van der Waals surface area contributed by atoms with Crippen LogP contribution in [0, 0.1) is 0 Å². The first-order valence-electron chi connectivity index (χ1n) is 8.08. The molecule has 0 saturated heterocycles. The smallest absolute Gasteiger partial charge is 0.0625 e. The molecule has 0 aliphatic heterocycles. The number of pyridine rings is 1. The average molecular weight is 370 g/mol. The Kier molecular flexibility index (Phi) is 2.28. The number of hydrogen-bond acceptors (Lipinski definition) is 0. The molecule has 0 aliphatic carbocycles. The first-order valence-corrected chi connectivity index (χ1v) is 8.87. The number of rotatable bonds is 0. The van der Waals surface area contributed by atoms with Crippen LogP contribution in [0.2, 0.25) is 0 Å². The van der Waals surface area contributed by atoms with Crippen molar-refractivity contribution >= 4 is 64.8 Å². The number of benzene rings is 4. The summed E-state index contributed by atoms with van der Waals surface area (Å²) in [6.07, 6.45) is 0. The second kappa shape index (κ2) is 4.28. The van der Waals surface area contributed by atoms with E-state index in [1.807, 2.05) is 0 Å². The van der Waals surface area contributed by atoms with Gasteiger partial charge in [0.15, 0.2) is 0 Å². The molecule has 2 heterocycles. The van der Waals surface area contributed by atoms with Gasteiger partial charge in [0.2, 0.25) is 0 Å². The van der Waals surface area contributed by atoms with Gasteiger partial charge in [-0.1, -0.05) is 64.5 Å². The summed E-state index contributed by atoms with van der Waals surface area (Å²) in [7, 11) is 0. The minimum atomic E-state index is 1.12. The molecule has 0 radical (unpaired) electrons. The lowest BCUT2D eigenvalue weighted by atomic mass is 9.99. The van der Waals surface area contributed by atoms with Gasteiger partial charge in [0, 0.05) is 26.0 Å². The zero-order chi connectivity index (χ0) is 15.8. The third-order valence-corrected chi connectivity index (χ3v) is 5.66. The average Bonchev–Trinajstić information content (AvgIpc) is 2.95. The van der Waals surface area contributed by atoms with Gasteiger partial charge in [-0.25, -0.2) is 0 Å². The maximum atomic E-state index is 3.63. The predicted molar refractivity (Wildman–Crippen MR) is 106 cm³/mol. The van der Waals surface area contributed by atoms with Gasteiger partial charge in [0.05, 0.1) is 16.6 Å². The van der Waals surface area contributed by atoms with Gasteiger partial charge in [0.25, 0.3) is 0 Å². The third kappa shape index (κ3) is 1.41. The molecule has 0 saturated carbocycles.